The summed E-state index contributed by atoms with van der Waals surface area (Å²) < 4.78 is 25.6. The standard InChI is InChI=1S/C9H16O/c1-9(2)6-4-8(10-3)5-7-9/h4H,5-7H2,1-3H3/i3D3. The van der Waals surface area contributed by atoms with E-state index in [2.05, 4.69) is 13.8 Å². The van der Waals surface area contributed by atoms with Crippen LogP contribution in [0.2, 0.25) is 0 Å². The first-order valence-electron chi connectivity index (χ1n) is 5.17. The van der Waals surface area contributed by atoms with Gasteiger partial charge in [0.25, 0.3) is 0 Å². The van der Waals surface area contributed by atoms with Crippen LogP contribution in [0.3, 0.4) is 0 Å². The smallest absolute Gasteiger partial charge is 0.0916 e. The Balaban J connectivity index is 2.52. The summed E-state index contributed by atoms with van der Waals surface area (Å²) >= 11 is 0. The van der Waals surface area contributed by atoms with Gasteiger partial charge >= 0.3 is 0 Å². The molecule has 0 fully saturated rings. The Bertz CT molecular complexity index is 215. The molecule has 0 N–H and O–H groups in total. The van der Waals surface area contributed by atoms with E-state index in [1.165, 1.54) is 0 Å². The molecule has 0 heterocycles. The molecule has 0 radical (unpaired) electrons. The van der Waals surface area contributed by atoms with Crippen molar-refractivity contribution in [1.29, 1.82) is 0 Å². The Labute approximate surface area is 67.3 Å². The van der Waals surface area contributed by atoms with Gasteiger partial charge < -0.3 is 4.74 Å². The molecular weight excluding hydrogens is 124 g/mol. The van der Waals surface area contributed by atoms with Crippen molar-refractivity contribution in [1.82, 2.24) is 0 Å². The highest BCUT2D eigenvalue weighted by Gasteiger charge is 2.21. The van der Waals surface area contributed by atoms with Gasteiger partial charge in [-0.1, -0.05) is 13.8 Å². The van der Waals surface area contributed by atoms with Crippen LogP contribution < -0.4 is 0 Å². The van der Waals surface area contributed by atoms with E-state index in [0.717, 1.165) is 19.3 Å². The van der Waals surface area contributed by atoms with E-state index in [1.807, 2.05) is 6.08 Å². The molecule has 1 rings (SSSR count). The predicted octanol–water partition coefficient (Wildman–Crippen LogP) is 2.73. The minimum Gasteiger partial charge on any atom is -0.501 e. The Hall–Kier alpha value is -0.460. The van der Waals surface area contributed by atoms with Crippen LogP contribution in [0.25, 0.3) is 0 Å². The molecular formula is C9H16O. The second-order valence-electron chi connectivity index (χ2n) is 3.64. The summed E-state index contributed by atoms with van der Waals surface area (Å²) in [6.45, 7) is 4.35. The molecule has 0 unspecified atom stereocenters. The summed E-state index contributed by atoms with van der Waals surface area (Å²) in [7, 11) is -2.28. The maximum absolute atomic E-state index is 6.94. The van der Waals surface area contributed by atoms with E-state index in [4.69, 9.17) is 8.85 Å². The van der Waals surface area contributed by atoms with Gasteiger partial charge in [-0.15, -0.1) is 0 Å². The molecule has 1 nitrogen and oxygen atoms in total. The Morgan fingerprint density at radius 2 is 2.50 bits per heavy atom. The highest BCUT2D eigenvalue weighted by Crippen LogP contribution is 2.33. The van der Waals surface area contributed by atoms with E-state index in [-0.39, 0.29) is 0 Å². The van der Waals surface area contributed by atoms with E-state index in [1.54, 1.807) is 0 Å². The first-order valence-corrected chi connectivity index (χ1v) is 3.67. The van der Waals surface area contributed by atoms with Gasteiger partial charge in [0, 0.05) is 6.42 Å². The van der Waals surface area contributed by atoms with Crippen molar-refractivity contribution in [2.45, 2.75) is 33.1 Å². The largest absolute Gasteiger partial charge is 0.501 e. The first kappa shape index (κ1) is 4.42. The highest BCUT2D eigenvalue weighted by atomic mass is 16.5. The molecule has 1 aliphatic carbocycles. The normalized spacial score (nSPS) is 29.4. The molecule has 0 saturated heterocycles. The maximum atomic E-state index is 6.94. The molecule has 0 bridgehead atoms. The van der Waals surface area contributed by atoms with Crippen molar-refractivity contribution >= 4 is 0 Å². The first-order chi connectivity index (χ1) is 5.79. The lowest BCUT2D eigenvalue weighted by Crippen LogP contribution is -2.14. The van der Waals surface area contributed by atoms with E-state index in [0.29, 0.717) is 11.2 Å². The van der Waals surface area contributed by atoms with Gasteiger partial charge in [0.05, 0.1) is 16.9 Å². The quantitative estimate of drug-likeness (QED) is 0.548. The minimum absolute atomic E-state index is 0.293. The fraction of sp³-hybridized carbons (Fsp3) is 0.778. The van der Waals surface area contributed by atoms with Gasteiger partial charge in [0.1, 0.15) is 0 Å². The molecule has 1 aliphatic rings. The molecule has 58 valence electrons. The fourth-order valence-electron chi connectivity index (χ4n) is 1.15. The molecule has 0 amide bonds. The fourth-order valence-corrected chi connectivity index (χ4v) is 1.15. The zero-order valence-electron chi connectivity index (χ0n) is 9.61. The van der Waals surface area contributed by atoms with Crippen LogP contribution in [0.15, 0.2) is 11.8 Å². The summed E-state index contributed by atoms with van der Waals surface area (Å²) in [6, 6.07) is 0. The molecule has 10 heavy (non-hydrogen) atoms. The zero-order valence-corrected chi connectivity index (χ0v) is 6.61. The predicted molar refractivity (Wildman–Crippen MR) is 42.7 cm³/mol. The van der Waals surface area contributed by atoms with Crippen molar-refractivity contribution in [2.24, 2.45) is 5.41 Å². The van der Waals surface area contributed by atoms with Crippen LogP contribution in [0.5, 0.6) is 0 Å². The molecule has 0 aromatic heterocycles. The van der Waals surface area contributed by atoms with Gasteiger partial charge in [-0.2, -0.15) is 0 Å². The van der Waals surface area contributed by atoms with Crippen molar-refractivity contribution in [3.05, 3.63) is 11.8 Å². The molecule has 0 aromatic carbocycles. The van der Waals surface area contributed by atoms with E-state index in [9.17, 15) is 0 Å². The molecule has 0 saturated carbocycles. The lowest BCUT2D eigenvalue weighted by molar-refractivity contribution is 0.224. The van der Waals surface area contributed by atoms with Crippen molar-refractivity contribution < 1.29 is 8.85 Å². The molecule has 0 aromatic rings. The van der Waals surface area contributed by atoms with Gasteiger partial charge in [-0.3, -0.25) is 0 Å². The average Bonchev–Trinajstić information content (AvgIpc) is 1.91. The lowest BCUT2D eigenvalue weighted by Gasteiger charge is -2.27. The number of hydrogen-bond donors (Lipinski definition) is 0. The minimum atomic E-state index is -2.28. The molecule has 0 atom stereocenters. The summed E-state index contributed by atoms with van der Waals surface area (Å²) in [5.74, 6) is 0.624. The third-order valence-electron chi connectivity index (χ3n) is 2.06. The average molecular weight is 143 g/mol. The molecule has 0 spiro atoms. The highest BCUT2D eigenvalue weighted by molar-refractivity contribution is 5.01. The van der Waals surface area contributed by atoms with Crippen LogP contribution >= 0.6 is 0 Å². The van der Waals surface area contributed by atoms with Gasteiger partial charge in [-0.05, 0) is 24.3 Å². The van der Waals surface area contributed by atoms with Crippen LogP contribution in [-0.2, 0) is 4.74 Å². The van der Waals surface area contributed by atoms with Gasteiger partial charge in [0.2, 0.25) is 0 Å². The van der Waals surface area contributed by atoms with Crippen LogP contribution in [0.1, 0.15) is 37.2 Å². The molecule has 0 aliphatic heterocycles. The zero-order chi connectivity index (χ0) is 10.1. The SMILES string of the molecule is [2H]C([2H])([2H])OC1=CCC(C)(C)CC1. The van der Waals surface area contributed by atoms with Crippen LogP contribution in [0.4, 0.5) is 0 Å². The Morgan fingerprint density at radius 3 is 3.00 bits per heavy atom. The van der Waals surface area contributed by atoms with Crippen molar-refractivity contribution in [3.63, 3.8) is 0 Å². The maximum Gasteiger partial charge on any atom is 0.0916 e. The molecule has 1 heteroatoms. The monoisotopic (exact) mass is 143 g/mol. The second-order valence-corrected chi connectivity index (χ2v) is 3.64. The summed E-state index contributed by atoms with van der Waals surface area (Å²) in [5, 5.41) is 0. The number of rotatable bonds is 1. The van der Waals surface area contributed by atoms with Crippen LogP contribution in [0, 0.1) is 5.41 Å². The number of methoxy groups -OCH3 is 1. The topological polar surface area (TPSA) is 9.23 Å². The Kier molecular flexibility index (Phi) is 1.17. The van der Waals surface area contributed by atoms with E-state index < -0.39 is 7.04 Å². The number of hydrogen-bond acceptors (Lipinski definition) is 1. The lowest BCUT2D eigenvalue weighted by atomic mass is 9.80. The Morgan fingerprint density at radius 1 is 1.70 bits per heavy atom. The van der Waals surface area contributed by atoms with Crippen molar-refractivity contribution in [3.8, 4) is 0 Å². The summed E-state index contributed by atoms with van der Waals surface area (Å²) in [5.41, 5.74) is 0.293. The third-order valence-corrected chi connectivity index (χ3v) is 2.06. The van der Waals surface area contributed by atoms with Crippen LogP contribution in [-0.4, -0.2) is 7.04 Å². The van der Waals surface area contributed by atoms with Gasteiger partial charge in [0.15, 0.2) is 0 Å². The number of allylic oxidation sites excluding steroid dienone is 2. The van der Waals surface area contributed by atoms with Crippen molar-refractivity contribution in [2.75, 3.05) is 7.04 Å². The third kappa shape index (κ3) is 1.76. The van der Waals surface area contributed by atoms with E-state index >= 15 is 0 Å². The number of ether oxygens (including phenoxy) is 1. The summed E-state index contributed by atoms with van der Waals surface area (Å²) in [6.07, 6.45) is 4.54. The van der Waals surface area contributed by atoms with Gasteiger partial charge in [-0.25, -0.2) is 0 Å². The second kappa shape index (κ2) is 2.65. The summed E-state index contributed by atoms with van der Waals surface area (Å²) in [4.78, 5) is 0.